The number of ether oxygens (including phenoxy) is 1. The van der Waals surface area contributed by atoms with E-state index in [0.717, 1.165) is 26.4 Å². The van der Waals surface area contributed by atoms with Gasteiger partial charge < -0.3 is 4.74 Å². The minimum absolute atomic E-state index is 0.844. The number of hydrogen-bond acceptors (Lipinski definition) is 2. The summed E-state index contributed by atoms with van der Waals surface area (Å²) < 4.78 is 5.07. The average molecular weight is 101 g/mol. The molecule has 0 aromatic carbocycles. The Morgan fingerprint density at radius 3 is 2.86 bits per heavy atom. The largest absolute Gasteiger partial charge is 0.365 e. The molecule has 0 amide bonds. The monoisotopic (exact) mass is 101 g/mol. The average Bonchev–Trinajstić information content (AvgIpc) is 2.14. The number of rotatable bonds is 1. The van der Waals surface area contributed by atoms with Crippen LogP contribution in [-0.2, 0) is 4.74 Å². The maximum atomic E-state index is 5.07. The van der Waals surface area contributed by atoms with Gasteiger partial charge in [0.1, 0.15) is 0 Å². The Morgan fingerprint density at radius 1 is 1.71 bits per heavy atom. The lowest BCUT2D eigenvalue weighted by Crippen LogP contribution is -2.18. The van der Waals surface area contributed by atoms with Gasteiger partial charge in [0.05, 0.1) is 13.3 Å². The molecule has 1 fully saturated rings. The van der Waals surface area contributed by atoms with E-state index in [0.29, 0.717) is 0 Å². The first kappa shape index (κ1) is 5.06. The lowest BCUT2D eigenvalue weighted by atomic mass is 10.6. The van der Waals surface area contributed by atoms with Crippen molar-refractivity contribution in [3.05, 3.63) is 0 Å². The molecule has 0 N–H and O–H groups in total. The van der Waals surface area contributed by atoms with Crippen molar-refractivity contribution in [3.63, 3.8) is 0 Å². The molecule has 0 aromatic heterocycles. The molecule has 42 valence electrons. The molecule has 0 radical (unpaired) electrons. The SMILES string of the molecule is CCN1CCOC1. The third-order valence-electron chi connectivity index (χ3n) is 1.27. The fourth-order valence-corrected chi connectivity index (χ4v) is 0.701. The van der Waals surface area contributed by atoms with E-state index in [2.05, 4.69) is 11.8 Å². The Balaban J connectivity index is 2.14. The predicted octanol–water partition coefficient (Wildman–Crippen LogP) is 0.296. The van der Waals surface area contributed by atoms with Crippen LogP contribution in [0.15, 0.2) is 0 Å². The van der Waals surface area contributed by atoms with Gasteiger partial charge in [-0.2, -0.15) is 0 Å². The molecule has 1 heterocycles. The van der Waals surface area contributed by atoms with Crippen LogP contribution in [0.25, 0.3) is 0 Å². The Labute approximate surface area is 44.1 Å². The summed E-state index contributed by atoms with van der Waals surface area (Å²) in [4.78, 5) is 2.26. The van der Waals surface area contributed by atoms with Gasteiger partial charge in [-0.15, -0.1) is 0 Å². The van der Waals surface area contributed by atoms with Gasteiger partial charge in [-0.3, -0.25) is 4.90 Å². The van der Waals surface area contributed by atoms with Gasteiger partial charge in [0, 0.05) is 6.54 Å². The molecular weight excluding hydrogens is 90.1 g/mol. The van der Waals surface area contributed by atoms with Crippen LogP contribution in [-0.4, -0.2) is 31.3 Å². The van der Waals surface area contributed by atoms with Crippen molar-refractivity contribution in [2.45, 2.75) is 6.92 Å². The maximum Gasteiger partial charge on any atom is 0.0991 e. The van der Waals surface area contributed by atoms with Gasteiger partial charge in [-0.05, 0) is 6.54 Å². The van der Waals surface area contributed by atoms with Crippen molar-refractivity contribution in [1.82, 2.24) is 4.90 Å². The first-order chi connectivity index (χ1) is 3.43. The van der Waals surface area contributed by atoms with Crippen molar-refractivity contribution in [2.24, 2.45) is 0 Å². The molecule has 0 unspecified atom stereocenters. The smallest absolute Gasteiger partial charge is 0.0991 e. The van der Waals surface area contributed by atoms with Gasteiger partial charge in [0.25, 0.3) is 0 Å². The van der Waals surface area contributed by atoms with E-state index < -0.39 is 0 Å². The Bertz CT molecular complexity index is 50.0. The predicted molar refractivity (Wildman–Crippen MR) is 28.1 cm³/mol. The van der Waals surface area contributed by atoms with E-state index in [9.17, 15) is 0 Å². The van der Waals surface area contributed by atoms with E-state index in [1.165, 1.54) is 0 Å². The Morgan fingerprint density at radius 2 is 2.57 bits per heavy atom. The molecule has 0 spiro atoms. The summed E-state index contributed by atoms with van der Waals surface area (Å²) >= 11 is 0. The van der Waals surface area contributed by atoms with Crippen LogP contribution in [0.5, 0.6) is 0 Å². The van der Waals surface area contributed by atoms with Crippen LogP contribution in [0.2, 0.25) is 0 Å². The highest BCUT2D eigenvalue weighted by Crippen LogP contribution is 1.95. The lowest BCUT2D eigenvalue weighted by Gasteiger charge is -2.05. The second-order valence-corrected chi connectivity index (χ2v) is 1.75. The van der Waals surface area contributed by atoms with Crippen LogP contribution in [0.3, 0.4) is 0 Å². The summed E-state index contributed by atoms with van der Waals surface area (Å²) in [7, 11) is 0. The third-order valence-corrected chi connectivity index (χ3v) is 1.27. The molecule has 7 heavy (non-hydrogen) atoms. The second kappa shape index (κ2) is 2.28. The van der Waals surface area contributed by atoms with E-state index in [-0.39, 0.29) is 0 Å². The van der Waals surface area contributed by atoms with E-state index in [4.69, 9.17) is 4.74 Å². The van der Waals surface area contributed by atoms with Crippen molar-refractivity contribution in [3.8, 4) is 0 Å². The quantitative estimate of drug-likeness (QED) is 0.471. The van der Waals surface area contributed by atoms with Crippen LogP contribution < -0.4 is 0 Å². The van der Waals surface area contributed by atoms with Crippen LogP contribution in [0.4, 0.5) is 0 Å². The number of likely N-dealkylation sites (N-methyl/N-ethyl adjacent to an activating group) is 1. The van der Waals surface area contributed by atoms with Gasteiger partial charge >= 0.3 is 0 Å². The number of nitrogens with zero attached hydrogens (tertiary/aromatic N) is 1. The van der Waals surface area contributed by atoms with Crippen molar-refractivity contribution < 1.29 is 4.74 Å². The lowest BCUT2D eigenvalue weighted by molar-refractivity contribution is 0.144. The normalized spacial score (nSPS) is 23.6. The zero-order valence-corrected chi connectivity index (χ0v) is 4.68. The van der Waals surface area contributed by atoms with Gasteiger partial charge in [-0.25, -0.2) is 0 Å². The van der Waals surface area contributed by atoms with Crippen LogP contribution >= 0.6 is 0 Å². The van der Waals surface area contributed by atoms with E-state index in [1.54, 1.807) is 0 Å². The zero-order valence-electron chi connectivity index (χ0n) is 4.68. The molecule has 0 aromatic rings. The Kier molecular flexibility index (Phi) is 1.65. The summed E-state index contributed by atoms with van der Waals surface area (Å²) in [6, 6.07) is 0. The van der Waals surface area contributed by atoms with Gasteiger partial charge in [-0.1, -0.05) is 6.92 Å². The first-order valence-electron chi connectivity index (χ1n) is 2.73. The molecule has 0 aliphatic carbocycles. The molecule has 1 saturated heterocycles. The molecule has 2 nitrogen and oxygen atoms in total. The Hall–Kier alpha value is -0.0800. The third kappa shape index (κ3) is 1.14. The van der Waals surface area contributed by atoms with Gasteiger partial charge in [0.2, 0.25) is 0 Å². The molecule has 1 aliphatic heterocycles. The molecular formula is C5H11NO. The standard InChI is InChI=1S/C5H11NO/c1-2-6-3-4-7-5-6/h2-5H2,1H3. The van der Waals surface area contributed by atoms with E-state index >= 15 is 0 Å². The second-order valence-electron chi connectivity index (χ2n) is 1.75. The van der Waals surface area contributed by atoms with Gasteiger partial charge in [0.15, 0.2) is 0 Å². The highest BCUT2D eigenvalue weighted by Gasteiger charge is 2.07. The summed E-state index contributed by atoms with van der Waals surface area (Å²) in [6.07, 6.45) is 0. The van der Waals surface area contributed by atoms with Crippen molar-refractivity contribution in [1.29, 1.82) is 0 Å². The molecule has 0 bridgehead atoms. The zero-order chi connectivity index (χ0) is 5.11. The highest BCUT2D eigenvalue weighted by molar-refractivity contribution is 4.53. The summed E-state index contributed by atoms with van der Waals surface area (Å²) in [5, 5.41) is 0. The minimum Gasteiger partial charge on any atom is -0.365 e. The van der Waals surface area contributed by atoms with Crippen LogP contribution in [0.1, 0.15) is 6.92 Å². The summed E-state index contributed by atoms with van der Waals surface area (Å²) in [6.45, 7) is 6.16. The molecule has 0 saturated carbocycles. The fourth-order valence-electron chi connectivity index (χ4n) is 0.701. The maximum absolute atomic E-state index is 5.07. The van der Waals surface area contributed by atoms with E-state index in [1.807, 2.05) is 0 Å². The summed E-state index contributed by atoms with van der Waals surface area (Å²) in [5.74, 6) is 0. The molecule has 1 aliphatic rings. The first-order valence-corrected chi connectivity index (χ1v) is 2.73. The highest BCUT2D eigenvalue weighted by atomic mass is 16.5. The van der Waals surface area contributed by atoms with Crippen molar-refractivity contribution in [2.75, 3.05) is 26.4 Å². The topological polar surface area (TPSA) is 12.5 Å². The summed E-state index contributed by atoms with van der Waals surface area (Å²) in [5.41, 5.74) is 0. The fraction of sp³-hybridized carbons (Fsp3) is 1.00. The van der Waals surface area contributed by atoms with Crippen molar-refractivity contribution >= 4 is 0 Å². The molecule has 1 rings (SSSR count). The number of hydrogen-bond donors (Lipinski definition) is 0. The minimum atomic E-state index is 0.844. The molecule has 2 heteroatoms. The van der Waals surface area contributed by atoms with Crippen LogP contribution in [0, 0.1) is 0 Å². The molecule has 0 atom stereocenters.